The van der Waals surface area contributed by atoms with E-state index in [-0.39, 0.29) is 49.2 Å². The molecule has 168 valence electrons. The molecule has 2 heterocycles. The van der Waals surface area contributed by atoms with Gasteiger partial charge in [0.15, 0.2) is 0 Å². The van der Waals surface area contributed by atoms with Crippen molar-refractivity contribution in [3.8, 4) is 0 Å². The zero-order chi connectivity index (χ0) is 18.0. The Morgan fingerprint density at radius 3 is 2.38 bits per heavy atom. The van der Waals surface area contributed by atoms with Gasteiger partial charge in [-0.15, -0.1) is 37.2 Å². The Morgan fingerprint density at radius 1 is 1.03 bits per heavy atom. The van der Waals surface area contributed by atoms with E-state index in [4.69, 9.17) is 4.74 Å². The molecule has 1 atom stereocenters. The van der Waals surface area contributed by atoms with Crippen molar-refractivity contribution >= 4 is 43.1 Å². The quantitative estimate of drug-likeness (QED) is 0.570. The highest BCUT2D eigenvalue weighted by Crippen LogP contribution is 2.09. The molecule has 0 saturated carbocycles. The summed E-state index contributed by atoms with van der Waals surface area (Å²) in [5.74, 6) is 0.0201. The molecule has 0 bridgehead atoms. The lowest BCUT2D eigenvalue weighted by atomic mass is 10.2. The van der Waals surface area contributed by atoms with E-state index in [2.05, 4.69) is 50.8 Å². The lowest BCUT2D eigenvalue weighted by Crippen LogP contribution is -2.48. The molecule has 6 nitrogen and oxygen atoms in total. The van der Waals surface area contributed by atoms with Crippen molar-refractivity contribution in [1.29, 1.82) is 0 Å². The van der Waals surface area contributed by atoms with Crippen LogP contribution in [0, 0.1) is 0 Å². The first-order valence-electron chi connectivity index (χ1n) is 9.90. The molecule has 29 heavy (non-hydrogen) atoms. The smallest absolute Gasteiger partial charge is 0.250 e. The molecule has 1 aromatic rings. The molecule has 1 unspecified atom stereocenters. The molecule has 2 aliphatic heterocycles. The first-order chi connectivity index (χ1) is 12.8. The first kappa shape index (κ1) is 28.4. The normalized spacial score (nSPS) is 19.9. The second kappa shape index (κ2) is 16.1. The van der Waals surface area contributed by atoms with Crippen LogP contribution in [0.1, 0.15) is 18.4 Å². The number of hydrogen-bond donors (Lipinski definition) is 2. The first-order valence-corrected chi connectivity index (χ1v) is 9.90. The number of morpholine rings is 1. The molecule has 1 amide bonds. The fraction of sp³-hybridized carbons (Fsp3) is 0.650. The minimum absolute atomic E-state index is 0. The Balaban J connectivity index is 0.00000261. The van der Waals surface area contributed by atoms with E-state index in [1.807, 2.05) is 0 Å². The zero-order valence-corrected chi connectivity index (χ0v) is 19.3. The van der Waals surface area contributed by atoms with Gasteiger partial charge in [-0.25, -0.2) is 0 Å². The fourth-order valence-corrected chi connectivity index (χ4v) is 3.53. The summed E-state index contributed by atoms with van der Waals surface area (Å²) in [6.45, 7) is 9.55. The van der Waals surface area contributed by atoms with E-state index >= 15 is 0 Å². The van der Waals surface area contributed by atoms with Crippen LogP contribution in [0.15, 0.2) is 30.3 Å². The van der Waals surface area contributed by atoms with Crippen LogP contribution in [-0.4, -0.2) is 80.8 Å². The molecule has 2 saturated heterocycles. The summed E-state index contributed by atoms with van der Waals surface area (Å²) in [6, 6.07) is 10.7. The summed E-state index contributed by atoms with van der Waals surface area (Å²) >= 11 is 0. The van der Waals surface area contributed by atoms with E-state index in [0.717, 1.165) is 65.2 Å². The van der Waals surface area contributed by atoms with E-state index in [0.29, 0.717) is 13.2 Å². The van der Waals surface area contributed by atoms with Gasteiger partial charge in [-0.05, 0) is 24.9 Å². The van der Waals surface area contributed by atoms with Crippen LogP contribution in [0.2, 0.25) is 0 Å². The monoisotopic (exact) mass is 468 g/mol. The van der Waals surface area contributed by atoms with Crippen molar-refractivity contribution in [3.05, 3.63) is 35.9 Å². The molecule has 2 aliphatic rings. The van der Waals surface area contributed by atoms with Crippen LogP contribution < -0.4 is 10.6 Å². The van der Waals surface area contributed by atoms with Gasteiger partial charge in [0.2, 0.25) is 5.91 Å². The summed E-state index contributed by atoms with van der Waals surface area (Å²) in [5.41, 5.74) is 1.40. The van der Waals surface area contributed by atoms with Crippen LogP contribution in [0.5, 0.6) is 0 Å². The topological polar surface area (TPSA) is 56.8 Å². The molecule has 1 aromatic carbocycles. The Kier molecular flexibility index (Phi) is 15.8. The van der Waals surface area contributed by atoms with Crippen molar-refractivity contribution in [3.63, 3.8) is 0 Å². The minimum Gasteiger partial charge on any atom is -0.366 e. The number of hydrogen-bond acceptors (Lipinski definition) is 5. The van der Waals surface area contributed by atoms with Gasteiger partial charge in [0.05, 0.1) is 6.61 Å². The van der Waals surface area contributed by atoms with Gasteiger partial charge >= 0.3 is 0 Å². The van der Waals surface area contributed by atoms with Crippen LogP contribution in [0.25, 0.3) is 0 Å². The van der Waals surface area contributed by atoms with E-state index < -0.39 is 0 Å². The molecular formula is C20H35Cl3N4O2. The lowest BCUT2D eigenvalue weighted by Gasteiger charge is -2.34. The summed E-state index contributed by atoms with van der Waals surface area (Å²) in [7, 11) is 0. The third-order valence-electron chi connectivity index (χ3n) is 5.13. The molecule has 2 fully saturated rings. The number of unbranched alkanes of at least 4 members (excludes halogenated alkanes) is 1. The summed E-state index contributed by atoms with van der Waals surface area (Å²) < 4.78 is 5.46. The summed E-state index contributed by atoms with van der Waals surface area (Å²) in [4.78, 5) is 17.0. The number of amides is 1. The van der Waals surface area contributed by atoms with E-state index in [1.54, 1.807) is 0 Å². The van der Waals surface area contributed by atoms with Crippen molar-refractivity contribution in [2.75, 3.05) is 59.0 Å². The summed E-state index contributed by atoms with van der Waals surface area (Å²) in [6.07, 6.45) is 1.83. The number of ether oxygens (including phenoxy) is 1. The standard InChI is InChI=1S/C20H32N4O2.3ClH/c25-20(19-16-21-9-15-26-19)22-8-4-5-10-23-11-13-24(14-12-23)17-18-6-2-1-3-7-18;;;/h1-3,6-7,19,21H,4-5,8-17H2,(H,22,25);3*1H. The Hall–Kier alpha value is -0.600. The SMILES string of the molecule is Cl.Cl.Cl.O=C(NCCCCN1CCN(Cc2ccccc2)CC1)C1CNCCO1. The fourth-order valence-electron chi connectivity index (χ4n) is 3.53. The average Bonchev–Trinajstić information content (AvgIpc) is 2.70. The predicted octanol–water partition coefficient (Wildman–Crippen LogP) is 1.95. The molecule has 0 aliphatic carbocycles. The number of rotatable bonds is 8. The molecular weight excluding hydrogens is 435 g/mol. The van der Waals surface area contributed by atoms with Gasteiger partial charge in [0.25, 0.3) is 0 Å². The molecule has 0 aromatic heterocycles. The largest absolute Gasteiger partial charge is 0.366 e. The van der Waals surface area contributed by atoms with Gasteiger partial charge in [-0.2, -0.15) is 0 Å². The van der Waals surface area contributed by atoms with Crippen LogP contribution in [-0.2, 0) is 16.1 Å². The van der Waals surface area contributed by atoms with Crippen molar-refractivity contribution < 1.29 is 9.53 Å². The highest BCUT2D eigenvalue weighted by molar-refractivity contribution is 5.86. The molecule has 0 spiro atoms. The van der Waals surface area contributed by atoms with Crippen molar-refractivity contribution in [2.45, 2.75) is 25.5 Å². The Bertz CT molecular complexity index is 540. The lowest BCUT2D eigenvalue weighted by molar-refractivity contribution is -0.134. The second-order valence-corrected chi connectivity index (χ2v) is 7.17. The molecule has 3 rings (SSSR count). The number of benzene rings is 1. The maximum Gasteiger partial charge on any atom is 0.250 e. The average molecular weight is 470 g/mol. The number of nitrogens with one attached hydrogen (secondary N) is 2. The minimum atomic E-state index is -0.318. The number of nitrogens with zero attached hydrogens (tertiary/aromatic N) is 2. The van der Waals surface area contributed by atoms with Gasteiger partial charge < -0.3 is 20.3 Å². The van der Waals surface area contributed by atoms with Gasteiger partial charge in [-0.3, -0.25) is 9.69 Å². The van der Waals surface area contributed by atoms with Crippen LogP contribution in [0.3, 0.4) is 0 Å². The van der Waals surface area contributed by atoms with Crippen molar-refractivity contribution in [1.82, 2.24) is 20.4 Å². The molecule has 2 N–H and O–H groups in total. The second-order valence-electron chi connectivity index (χ2n) is 7.17. The maximum atomic E-state index is 12.0. The van der Waals surface area contributed by atoms with Gasteiger partial charge in [-0.1, -0.05) is 30.3 Å². The van der Waals surface area contributed by atoms with Crippen LogP contribution in [0.4, 0.5) is 0 Å². The number of carbonyl (C=O) groups is 1. The third kappa shape index (κ3) is 10.3. The number of carbonyl (C=O) groups excluding carboxylic acids is 1. The Labute approximate surface area is 193 Å². The van der Waals surface area contributed by atoms with Crippen molar-refractivity contribution in [2.24, 2.45) is 0 Å². The molecule has 0 radical (unpaired) electrons. The highest BCUT2D eigenvalue weighted by Gasteiger charge is 2.21. The Morgan fingerprint density at radius 2 is 1.72 bits per heavy atom. The third-order valence-corrected chi connectivity index (χ3v) is 5.13. The van der Waals surface area contributed by atoms with Crippen LogP contribution >= 0.6 is 37.2 Å². The van der Waals surface area contributed by atoms with E-state index in [9.17, 15) is 4.79 Å². The molecule has 9 heteroatoms. The maximum absolute atomic E-state index is 12.0. The zero-order valence-electron chi connectivity index (χ0n) is 16.9. The number of piperazine rings is 1. The predicted molar refractivity (Wildman–Crippen MR) is 125 cm³/mol. The van der Waals surface area contributed by atoms with E-state index in [1.165, 1.54) is 5.56 Å². The highest BCUT2D eigenvalue weighted by atomic mass is 35.5. The van der Waals surface area contributed by atoms with Gasteiger partial charge in [0.1, 0.15) is 6.10 Å². The summed E-state index contributed by atoms with van der Waals surface area (Å²) in [5, 5.41) is 6.18. The van der Waals surface area contributed by atoms with Gasteiger partial charge in [0, 0.05) is 52.4 Å². The number of halogens is 3.